The van der Waals surface area contributed by atoms with Crippen LogP contribution in [-0.4, -0.2) is 37.0 Å². The summed E-state index contributed by atoms with van der Waals surface area (Å²) < 4.78 is 0. The molecule has 2 aliphatic heterocycles. The molecule has 3 nitrogen and oxygen atoms in total. The van der Waals surface area contributed by atoms with E-state index in [0.29, 0.717) is 5.92 Å². The molecule has 0 aliphatic carbocycles. The van der Waals surface area contributed by atoms with Crippen LogP contribution in [0.2, 0.25) is 5.02 Å². The Kier molecular flexibility index (Phi) is 3.50. The van der Waals surface area contributed by atoms with Gasteiger partial charge in [-0.3, -0.25) is 4.79 Å². The van der Waals surface area contributed by atoms with Gasteiger partial charge in [-0.15, -0.1) is 0 Å². The first-order valence-corrected chi connectivity index (χ1v) is 7.29. The van der Waals surface area contributed by atoms with Crippen LogP contribution in [0.3, 0.4) is 0 Å². The van der Waals surface area contributed by atoms with Crippen molar-refractivity contribution in [3.8, 4) is 0 Å². The van der Waals surface area contributed by atoms with E-state index in [4.69, 9.17) is 11.6 Å². The van der Waals surface area contributed by atoms with E-state index in [-0.39, 0.29) is 5.91 Å². The maximum atomic E-state index is 12.5. The lowest BCUT2D eigenvalue weighted by atomic mass is 9.88. The third-order valence-electron chi connectivity index (χ3n) is 4.40. The zero-order valence-corrected chi connectivity index (χ0v) is 11.9. The summed E-state index contributed by atoms with van der Waals surface area (Å²) >= 11 is 6.01. The molecule has 0 aromatic heterocycles. The van der Waals surface area contributed by atoms with Crippen LogP contribution in [0.1, 0.15) is 22.3 Å². The van der Waals surface area contributed by atoms with Crippen molar-refractivity contribution < 1.29 is 4.79 Å². The Morgan fingerprint density at radius 1 is 1.37 bits per heavy atom. The number of hydrogen-bond donors (Lipinski definition) is 1. The zero-order valence-electron chi connectivity index (χ0n) is 11.2. The van der Waals surface area contributed by atoms with E-state index in [0.717, 1.165) is 54.7 Å². The molecular formula is C15H19ClN2O. The number of aryl methyl sites for hydroxylation is 1. The summed E-state index contributed by atoms with van der Waals surface area (Å²) in [5.41, 5.74) is 1.72. The van der Waals surface area contributed by atoms with Crippen molar-refractivity contribution in [1.82, 2.24) is 10.2 Å². The molecular weight excluding hydrogens is 260 g/mol. The molecule has 3 rings (SSSR count). The van der Waals surface area contributed by atoms with Gasteiger partial charge >= 0.3 is 0 Å². The molecule has 2 heterocycles. The summed E-state index contributed by atoms with van der Waals surface area (Å²) in [5, 5.41) is 4.14. The van der Waals surface area contributed by atoms with Gasteiger partial charge in [-0.25, -0.2) is 0 Å². The Bertz CT molecular complexity index is 503. The van der Waals surface area contributed by atoms with Crippen LogP contribution in [0, 0.1) is 18.8 Å². The normalized spacial score (nSPS) is 26.3. The number of amides is 1. The van der Waals surface area contributed by atoms with Gasteiger partial charge in [0.1, 0.15) is 0 Å². The average molecular weight is 279 g/mol. The first-order valence-electron chi connectivity index (χ1n) is 6.91. The van der Waals surface area contributed by atoms with E-state index in [1.165, 1.54) is 0 Å². The summed E-state index contributed by atoms with van der Waals surface area (Å²) in [6, 6.07) is 5.54. The van der Waals surface area contributed by atoms with Gasteiger partial charge in [0.15, 0.2) is 0 Å². The number of hydrogen-bond acceptors (Lipinski definition) is 2. The number of benzene rings is 1. The molecule has 2 aliphatic rings. The van der Waals surface area contributed by atoms with Crippen molar-refractivity contribution in [2.24, 2.45) is 11.8 Å². The molecule has 2 unspecified atom stereocenters. The maximum absolute atomic E-state index is 12.5. The standard InChI is InChI=1S/C15H19ClN2O/c1-10-6-11(2-3-14(10)16)15(19)18-5-4-12-7-17-8-13(12)9-18/h2-3,6,12-13,17H,4-5,7-9H2,1H3. The van der Waals surface area contributed by atoms with E-state index in [1.54, 1.807) is 0 Å². The molecule has 0 saturated carbocycles. The van der Waals surface area contributed by atoms with Crippen molar-refractivity contribution in [3.05, 3.63) is 34.3 Å². The van der Waals surface area contributed by atoms with Crippen LogP contribution in [0.15, 0.2) is 18.2 Å². The van der Waals surface area contributed by atoms with Gasteiger partial charge < -0.3 is 10.2 Å². The van der Waals surface area contributed by atoms with Crippen LogP contribution in [-0.2, 0) is 0 Å². The molecule has 4 heteroatoms. The summed E-state index contributed by atoms with van der Waals surface area (Å²) in [6.45, 7) is 5.87. The van der Waals surface area contributed by atoms with Crippen LogP contribution in [0.25, 0.3) is 0 Å². The van der Waals surface area contributed by atoms with E-state index in [1.807, 2.05) is 30.0 Å². The fourth-order valence-corrected chi connectivity index (χ4v) is 3.30. The van der Waals surface area contributed by atoms with Crippen molar-refractivity contribution in [2.45, 2.75) is 13.3 Å². The molecule has 0 bridgehead atoms. The van der Waals surface area contributed by atoms with E-state index in [9.17, 15) is 4.79 Å². The summed E-state index contributed by atoms with van der Waals surface area (Å²) in [6.07, 6.45) is 1.12. The summed E-state index contributed by atoms with van der Waals surface area (Å²) in [7, 11) is 0. The number of carbonyl (C=O) groups excluding carboxylic acids is 1. The highest BCUT2D eigenvalue weighted by Gasteiger charge is 2.34. The number of rotatable bonds is 1. The molecule has 1 N–H and O–H groups in total. The highest BCUT2D eigenvalue weighted by molar-refractivity contribution is 6.31. The number of halogens is 1. The number of likely N-dealkylation sites (tertiary alicyclic amines) is 1. The minimum absolute atomic E-state index is 0.144. The number of fused-ring (bicyclic) bond motifs is 1. The number of piperidine rings is 1. The Morgan fingerprint density at radius 2 is 2.16 bits per heavy atom. The van der Waals surface area contributed by atoms with Gasteiger partial charge in [0.25, 0.3) is 5.91 Å². The average Bonchev–Trinajstić information content (AvgIpc) is 2.88. The Hall–Kier alpha value is -1.06. The van der Waals surface area contributed by atoms with Crippen molar-refractivity contribution >= 4 is 17.5 Å². The highest BCUT2D eigenvalue weighted by atomic mass is 35.5. The SMILES string of the molecule is Cc1cc(C(=O)N2CCC3CNCC3C2)ccc1Cl. The lowest BCUT2D eigenvalue weighted by Crippen LogP contribution is -2.43. The molecule has 2 fully saturated rings. The van der Waals surface area contributed by atoms with Gasteiger partial charge in [-0.05, 0) is 62.0 Å². The van der Waals surface area contributed by atoms with Crippen LogP contribution in [0.4, 0.5) is 0 Å². The Balaban J connectivity index is 1.74. The summed E-state index contributed by atoms with van der Waals surface area (Å²) in [5.74, 6) is 1.53. The molecule has 2 saturated heterocycles. The third-order valence-corrected chi connectivity index (χ3v) is 4.82. The summed E-state index contributed by atoms with van der Waals surface area (Å²) in [4.78, 5) is 14.5. The number of nitrogens with zero attached hydrogens (tertiary/aromatic N) is 1. The van der Waals surface area contributed by atoms with Crippen LogP contribution in [0.5, 0.6) is 0 Å². The second-order valence-electron chi connectivity index (χ2n) is 5.68. The van der Waals surface area contributed by atoms with Crippen molar-refractivity contribution in [3.63, 3.8) is 0 Å². The molecule has 2 atom stereocenters. The zero-order chi connectivity index (χ0) is 13.4. The molecule has 0 spiro atoms. The molecule has 1 aromatic rings. The number of carbonyl (C=O) groups is 1. The minimum Gasteiger partial charge on any atom is -0.338 e. The molecule has 102 valence electrons. The van der Waals surface area contributed by atoms with Gasteiger partial charge in [-0.2, -0.15) is 0 Å². The lowest BCUT2D eigenvalue weighted by Gasteiger charge is -2.34. The third kappa shape index (κ3) is 2.49. The van der Waals surface area contributed by atoms with E-state index in [2.05, 4.69) is 5.32 Å². The predicted molar refractivity (Wildman–Crippen MR) is 76.6 cm³/mol. The molecule has 0 radical (unpaired) electrons. The molecule has 1 amide bonds. The minimum atomic E-state index is 0.144. The van der Waals surface area contributed by atoms with Crippen LogP contribution < -0.4 is 5.32 Å². The maximum Gasteiger partial charge on any atom is 0.253 e. The van der Waals surface area contributed by atoms with Gasteiger partial charge in [0.2, 0.25) is 0 Å². The monoisotopic (exact) mass is 278 g/mol. The second-order valence-corrected chi connectivity index (χ2v) is 6.09. The smallest absolute Gasteiger partial charge is 0.253 e. The van der Waals surface area contributed by atoms with Gasteiger partial charge in [-0.1, -0.05) is 11.6 Å². The van der Waals surface area contributed by atoms with Gasteiger partial charge in [0, 0.05) is 23.7 Å². The quantitative estimate of drug-likeness (QED) is 0.855. The fraction of sp³-hybridized carbons (Fsp3) is 0.533. The predicted octanol–water partition coefficient (Wildman–Crippen LogP) is 2.33. The first-order chi connectivity index (χ1) is 9.15. The van der Waals surface area contributed by atoms with Crippen molar-refractivity contribution in [2.75, 3.05) is 26.2 Å². The molecule has 1 aromatic carbocycles. The topological polar surface area (TPSA) is 32.3 Å². The van der Waals surface area contributed by atoms with E-state index < -0.39 is 0 Å². The lowest BCUT2D eigenvalue weighted by molar-refractivity contribution is 0.0642. The highest BCUT2D eigenvalue weighted by Crippen LogP contribution is 2.27. The van der Waals surface area contributed by atoms with Crippen LogP contribution >= 0.6 is 11.6 Å². The Labute approximate surface area is 118 Å². The Morgan fingerprint density at radius 3 is 2.95 bits per heavy atom. The van der Waals surface area contributed by atoms with Gasteiger partial charge in [0.05, 0.1) is 0 Å². The molecule has 19 heavy (non-hydrogen) atoms. The largest absolute Gasteiger partial charge is 0.338 e. The number of nitrogens with one attached hydrogen (secondary N) is 1. The first kappa shape index (κ1) is 12.9. The van der Waals surface area contributed by atoms with Crippen molar-refractivity contribution in [1.29, 1.82) is 0 Å². The fourth-order valence-electron chi connectivity index (χ4n) is 3.18. The van der Waals surface area contributed by atoms with E-state index >= 15 is 0 Å². The second kappa shape index (κ2) is 5.14.